The molecule has 6 nitrogen and oxygen atoms in total. The minimum atomic E-state index is -4.01. The van der Waals surface area contributed by atoms with Gasteiger partial charge in [-0.1, -0.05) is 15.9 Å². The number of benzene rings is 1. The molecule has 2 rings (SSSR count). The molecular formula is C12H8BrN3O3S. The molecule has 20 heavy (non-hydrogen) atoms. The molecule has 0 radical (unpaired) electrons. The Morgan fingerprint density at radius 2 is 2.10 bits per heavy atom. The third kappa shape index (κ3) is 2.89. The zero-order valence-electron chi connectivity index (χ0n) is 9.91. The number of anilines is 1. The topological polar surface area (TPSA) is 103 Å². The average molecular weight is 354 g/mol. The number of nitrogens with one attached hydrogen (secondary N) is 1. The summed E-state index contributed by atoms with van der Waals surface area (Å²) in [4.78, 5) is 3.44. The number of halogens is 1. The molecule has 1 aromatic heterocycles. The van der Waals surface area contributed by atoms with Gasteiger partial charge in [-0.3, -0.25) is 4.72 Å². The Kier molecular flexibility index (Phi) is 3.92. The number of aromatic nitrogens is 1. The van der Waals surface area contributed by atoms with Crippen LogP contribution >= 0.6 is 15.9 Å². The smallest absolute Gasteiger partial charge is 0.264 e. The lowest BCUT2D eigenvalue weighted by Crippen LogP contribution is -2.15. The van der Waals surface area contributed by atoms with Crippen LogP contribution < -0.4 is 4.72 Å². The molecule has 0 amide bonds. The van der Waals surface area contributed by atoms with Crippen LogP contribution in [0.4, 0.5) is 5.69 Å². The second kappa shape index (κ2) is 5.48. The highest BCUT2D eigenvalue weighted by molar-refractivity contribution is 9.10. The van der Waals surface area contributed by atoms with Gasteiger partial charge in [0.1, 0.15) is 16.7 Å². The minimum Gasteiger partial charge on any atom is -0.506 e. The van der Waals surface area contributed by atoms with Crippen molar-refractivity contribution in [2.24, 2.45) is 0 Å². The van der Waals surface area contributed by atoms with Crippen molar-refractivity contribution in [3.8, 4) is 11.8 Å². The molecule has 0 fully saturated rings. The van der Waals surface area contributed by atoms with Crippen LogP contribution in [-0.4, -0.2) is 18.5 Å². The van der Waals surface area contributed by atoms with Crippen molar-refractivity contribution in [1.29, 1.82) is 5.26 Å². The van der Waals surface area contributed by atoms with Crippen LogP contribution in [0, 0.1) is 11.3 Å². The van der Waals surface area contributed by atoms with E-state index in [0.29, 0.717) is 4.47 Å². The van der Waals surface area contributed by atoms with Crippen LogP contribution in [-0.2, 0) is 10.0 Å². The summed E-state index contributed by atoms with van der Waals surface area (Å²) in [5, 5.41) is 18.5. The van der Waals surface area contributed by atoms with Crippen molar-refractivity contribution >= 4 is 31.6 Å². The van der Waals surface area contributed by atoms with Gasteiger partial charge in [0.2, 0.25) is 0 Å². The molecule has 0 bridgehead atoms. The van der Waals surface area contributed by atoms with E-state index < -0.39 is 10.0 Å². The van der Waals surface area contributed by atoms with Crippen molar-refractivity contribution in [3.05, 3.63) is 46.7 Å². The summed E-state index contributed by atoms with van der Waals surface area (Å²) in [5.41, 5.74) is -0.207. The van der Waals surface area contributed by atoms with E-state index >= 15 is 0 Å². The SMILES string of the molecule is N#Cc1ncccc1S(=O)(=O)Nc1cc(Br)ccc1O. The number of sulfonamides is 1. The number of nitrogens with zero attached hydrogens (tertiary/aromatic N) is 2. The van der Waals surface area contributed by atoms with Gasteiger partial charge >= 0.3 is 0 Å². The van der Waals surface area contributed by atoms with Crippen LogP contribution in [0.5, 0.6) is 5.75 Å². The molecule has 0 unspecified atom stereocenters. The van der Waals surface area contributed by atoms with Crippen molar-refractivity contribution < 1.29 is 13.5 Å². The first-order valence-electron chi connectivity index (χ1n) is 5.30. The second-order valence-corrected chi connectivity index (χ2v) is 6.30. The highest BCUT2D eigenvalue weighted by Gasteiger charge is 2.20. The van der Waals surface area contributed by atoms with Gasteiger partial charge in [0.25, 0.3) is 10.0 Å². The number of nitriles is 1. The summed E-state index contributed by atoms with van der Waals surface area (Å²) in [6.45, 7) is 0. The van der Waals surface area contributed by atoms with E-state index in [4.69, 9.17) is 5.26 Å². The van der Waals surface area contributed by atoms with Crippen molar-refractivity contribution in [1.82, 2.24) is 4.98 Å². The predicted octanol–water partition coefficient (Wildman–Crippen LogP) is 2.22. The quantitative estimate of drug-likeness (QED) is 0.823. The van der Waals surface area contributed by atoms with E-state index in [0.717, 1.165) is 0 Å². The first-order valence-corrected chi connectivity index (χ1v) is 7.58. The van der Waals surface area contributed by atoms with Gasteiger partial charge in [-0.25, -0.2) is 13.4 Å². The van der Waals surface area contributed by atoms with Crippen molar-refractivity contribution in [2.75, 3.05) is 4.72 Å². The summed E-state index contributed by atoms with van der Waals surface area (Å²) in [6, 6.07) is 8.71. The van der Waals surface area contributed by atoms with Gasteiger partial charge in [-0.2, -0.15) is 5.26 Å². The summed E-state index contributed by atoms with van der Waals surface area (Å²) < 4.78 is 27.2. The molecule has 8 heteroatoms. The monoisotopic (exact) mass is 353 g/mol. The fraction of sp³-hybridized carbons (Fsp3) is 0. The molecule has 2 N–H and O–H groups in total. The van der Waals surface area contributed by atoms with E-state index in [1.807, 2.05) is 0 Å². The summed E-state index contributed by atoms with van der Waals surface area (Å²) >= 11 is 3.18. The van der Waals surface area contributed by atoms with Crippen LogP contribution in [0.15, 0.2) is 45.9 Å². The lowest BCUT2D eigenvalue weighted by atomic mass is 10.3. The molecule has 0 saturated carbocycles. The molecule has 0 aliphatic heterocycles. The molecular weight excluding hydrogens is 346 g/mol. The lowest BCUT2D eigenvalue weighted by molar-refractivity contribution is 0.477. The van der Waals surface area contributed by atoms with Gasteiger partial charge in [0.15, 0.2) is 5.69 Å². The Balaban J connectivity index is 2.47. The van der Waals surface area contributed by atoms with Gasteiger partial charge in [-0.05, 0) is 30.3 Å². The Morgan fingerprint density at radius 1 is 1.35 bits per heavy atom. The zero-order valence-corrected chi connectivity index (χ0v) is 12.3. The maximum Gasteiger partial charge on any atom is 0.264 e. The van der Waals surface area contributed by atoms with Gasteiger partial charge in [-0.15, -0.1) is 0 Å². The van der Waals surface area contributed by atoms with E-state index in [-0.39, 0.29) is 22.0 Å². The highest BCUT2D eigenvalue weighted by Crippen LogP contribution is 2.29. The third-order valence-electron chi connectivity index (χ3n) is 2.37. The number of hydrogen-bond donors (Lipinski definition) is 2. The summed E-state index contributed by atoms with van der Waals surface area (Å²) in [6.07, 6.45) is 1.33. The first-order chi connectivity index (χ1) is 9.44. The largest absolute Gasteiger partial charge is 0.506 e. The fourth-order valence-corrected chi connectivity index (χ4v) is 3.02. The number of phenolic OH excluding ortho intramolecular Hbond substituents is 1. The Bertz CT molecular complexity index is 800. The van der Waals surface area contributed by atoms with Crippen molar-refractivity contribution in [3.63, 3.8) is 0 Å². The lowest BCUT2D eigenvalue weighted by Gasteiger charge is -2.10. The molecule has 0 aliphatic carbocycles. The van der Waals surface area contributed by atoms with E-state index in [1.54, 1.807) is 12.1 Å². The van der Waals surface area contributed by atoms with E-state index in [9.17, 15) is 13.5 Å². The molecule has 2 aromatic rings. The number of hydrogen-bond acceptors (Lipinski definition) is 5. The van der Waals surface area contributed by atoms with Crippen molar-refractivity contribution in [2.45, 2.75) is 4.90 Å². The maximum atomic E-state index is 12.2. The molecule has 1 aromatic carbocycles. The standard InChI is InChI=1S/C12H8BrN3O3S/c13-8-3-4-11(17)9(6-8)16-20(18,19)12-2-1-5-15-10(12)7-14/h1-6,16-17H. The Hall–Kier alpha value is -2.11. The predicted molar refractivity (Wildman–Crippen MR) is 75.6 cm³/mol. The Morgan fingerprint density at radius 3 is 2.80 bits per heavy atom. The van der Waals surface area contributed by atoms with E-state index in [1.165, 1.54) is 30.5 Å². The molecule has 1 heterocycles. The average Bonchev–Trinajstić information content (AvgIpc) is 2.42. The molecule has 0 saturated heterocycles. The van der Waals surface area contributed by atoms with Gasteiger partial charge in [0.05, 0.1) is 5.69 Å². The molecule has 0 aliphatic rings. The van der Waals surface area contributed by atoms with Crippen LogP contribution in [0.1, 0.15) is 5.69 Å². The first kappa shape index (κ1) is 14.3. The number of pyridine rings is 1. The third-order valence-corrected chi connectivity index (χ3v) is 4.26. The summed E-state index contributed by atoms with van der Waals surface area (Å²) in [5.74, 6) is -0.223. The number of rotatable bonds is 3. The maximum absolute atomic E-state index is 12.2. The van der Waals surface area contributed by atoms with Crippen LogP contribution in [0.25, 0.3) is 0 Å². The normalized spacial score (nSPS) is 10.8. The second-order valence-electron chi connectivity index (χ2n) is 3.73. The minimum absolute atomic E-state index is 0.00659. The molecule has 0 atom stereocenters. The Labute approximate surface area is 123 Å². The molecule has 0 spiro atoms. The van der Waals surface area contributed by atoms with Gasteiger partial charge in [0, 0.05) is 10.7 Å². The number of phenols is 1. The van der Waals surface area contributed by atoms with Crippen LogP contribution in [0.3, 0.4) is 0 Å². The van der Waals surface area contributed by atoms with Gasteiger partial charge < -0.3 is 5.11 Å². The fourth-order valence-electron chi connectivity index (χ4n) is 1.48. The van der Waals surface area contributed by atoms with E-state index in [2.05, 4.69) is 25.6 Å². The molecule has 102 valence electrons. The highest BCUT2D eigenvalue weighted by atomic mass is 79.9. The zero-order chi connectivity index (χ0) is 14.8. The number of aromatic hydroxyl groups is 1. The summed E-state index contributed by atoms with van der Waals surface area (Å²) in [7, 11) is -4.01. The van der Waals surface area contributed by atoms with Crippen LogP contribution in [0.2, 0.25) is 0 Å².